The van der Waals surface area contributed by atoms with Gasteiger partial charge in [-0.3, -0.25) is 9.89 Å². The second-order valence-corrected chi connectivity index (χ2v) is 8.26. The van der Waals surface area contributed by atoms with E-state index in [1.54, 1.807) is 13.3 Å². The zero-order chi connectivity index (χ0) is 22.3. The van der Waals surface area contributed by atoms with Gasteiger partial charge in [-0.25, -0.2) is 9.37 Å². The van der Waals surface area contributed by atoms with Crippen molar-refractivity contribution in [2.24, 2.45) is 4.99 Å². The van der Waals surface area contributed by atoms with Gasteiger partial charge in [-0.2, -0.15) is 0 Å². The lowest BCUT2D eigenvalue weighted by molar-refractivity contribution is 0.198. The van der Waals surface area contributed by atoms with Gasteiger partial charge in [-0.15, -0.1) is 0 Å². The summed E-state index contributed by atoms with van der Waals surface area (Å²) in [5.41, 5.74) is 4.15. The highest BCUT2D eigenvalue weighted by Gasteiger charge is 2.20. The van der Waals surface area contributed by atoms with Crippen LogP contribution in [0.3, 0.4) is 0 Å². The molecule has 1 saturated heterocycles. The van der Waals surface area contributed by atoms with Crippen LogP contribution in [0.5, 0.6) is 0 Å². The molecule has 2 heterocycles. The molecule has 168 valence electrons. The summed E-state index contributed by atoms with van der Waals surface area (Å²) in [5, 5.41) is 6.85. The van der Waals surface area contributed by atoms with Gasteiger partial charge < -0.3 is 15.1 Å². The van der Waals surface area contributed by atoms with E-state index in [4.69, 9.17) is 4.42 Å². The highest BCUT2D eigenvalue weighted by molar-refractivity contribution is 5.79. The molecule has 0 radical (unpaired) electrons. The van der Waals surface area contributed by atoms with Crippen molar-refractivity contribution in [3.8, 4) is 11.5 Å². The Bertz CT molecular complexity index is 1020. The van der Waals surface area contributed by atoms with E-state index in [9.17, 15) is 4.39 Å². The average molecular weight is 436 g/mol. The molecule has 1 aliphatic heterocycles. The van der Waals surface area contributed by atoms with E-state index in [2.05, 4.69) is 32.4 Å². The van der Waals surface area contributed by atoms with Gasteiger partial charge in [-0.1, -0.05) is 29.8 Å². The Hall–Kier alpha value is -3.19. The van der Waals surface area contributed by atoms with Gasteiger partial charge in [0.1, 0.15) is 12.1 Å². The molecule has 6 nitrogen and oxygen atoms in total. The van der Waals surface area contributed by atoms with Gasteiger partial charge in [0.15, 0.2) is 5.96 Å². The lowest BCUT2D eigenvalue weighted by atomic mass is 10.0. The van der Waals surface area contributed by atoms with Crippen LogP contribution in [0.2, 0.25) is 0 Å². The molecule has 32 heavy (non-hydrogen) atoms. The van der Waals surface area contributed by atoms with Crippen LogP contribution in [0.15, 0.2) is 64.2 Å². The maximum absolute atomic E-state index is 13.1. The summed E-state index contributed by atoms with van der Waals surface area (Å²) in [6.07, 6.45) is 3.75. The number of guanidine groups is 1. The van der Waals surface area contributed by atoms with Crippen molar-refractivity contribution in [3.63, 3.8) is 0 Å². The predicted octanol–water partition coefficient (Wildman–Crippen LogP) is 4.12. The first-order valence-electron chi connectivity index (χ1n) is 11.0. The molecule has 0 saturated carbocycles. The van der Waals surface area contributed by atoms with Crippen LogP contribution < -0.4 is 10.6 Å². The number of oxazole rings is 1. The SMILES string of the molecule is CN=C(NCc1coc(-c2ccc(C)cc2)n1)NC1CCN(Cc2ccc(F)cc2)CC1. The molecule has 0 aliphatic carbocycles. The van der Waals surface area contributed by atoms with Crippen LogP contribution in [0.1, 0.15) is 29.7 Å². The van der Waals surface area contributed by atoms with E-state index in [1.807, 2.05) is 36.4 Å². The van der Waals surface area contributed by atoms with Crippen molar-refractivity contribution in [1.29, 1.82) is 0 Å². The summed E-state index contributed by atoms with van der Waals surface area (Å²) in [5.74, 6) is 1.20. The van der Waals surface area contributed by atoms with Gasteiger partial charge in [0.2, 0.25) is 5.89 Å². The first-order chi connectivity index (χ1) is 15.6. The van der Waals surface area contributed by atoms with Crippen molar-refractivity contribution in [2.45, 2.75) is 38.9 Å². The normalized spacial score (nSPS) is 15.7. The fraction of sp³-hybridized carbons (Fsp3) is 0.360. The molecule has 2 N–H and O–H groups in total. The summed E-state index contributed by atoms with van der Waals surface area (Å²) in [6, 6.07) is 15.3. The quantitative estimate of drug-likeness (QED) is 0.450. The minimum Gasteiger partial charge on any atom is -0.444 e. The Morgan fingerprint density at radius 3 is 2.53 bits per heavy atom. The Labute approximate surface area is 188 Å². The molecule has 1 fully saturated rings. The third-order valence-electron chi connectivity index (χ3n) is 5.76. The van der Waals surface area contributed by atoms with Crippen LogP contribution in [0.4, 0.5) is 4.39 Å². The maximum atomic E-state index is 13.1. The van der Waals surface area contributed by atoms with Crippen LogP contribution >= 0.6 is 0 Å². The third-order valence-corrected chi connectivity index (χ3v) is 5.76. The number of halogens is 1. The van der Waals surface area contributed by atoms with Crippen molar-refractivity contribution >= 4 is 5.96 Å². The van der Waals surface area contributed by atoms with Gasteiger partial charge in [0.25, 0.3) is 0 Å². The zero-order valence-corrected chi connectivity index (χ0v) is 18.6. The lowest BCUT2D eigenvalue weighted by Gasteiger charge is -2.33. The van der Waals surface area contributed by atoms with Gasteiger partial charge in [0, 0.05) is 38.3 Å². The van der Waals surface area contributed by atoms with Crippen molar-refractivity contribution in [3.05, 3.63) is 77.4 Å². The molecule has 1 aliphatic rings. The van der Waals surface area contributed by atoms with E-state index in [-0.39, 0.29) is 5.82 Å². The Morgan fingerprint density at radius 1 is 1.12 bits per heavy atom. The minimum absolute atomic E-state index is 0.187. The standard InChI is InChI=1S/C25H30FN5O/c1-18-3-7-20(8-4-18)24-29-23(17-32-24)15-28-25(27-2)30-22-11-13-31(14-12-22)16-19-5-9-21(26)10-6-19/h3-10,17,22H,11-16H2,1-2H3,(H2,27,28,30). The molecule has 7 heteroatoms. The maximum Gasteiger partial charge on any atom is 0.226 e. The van der Waals surface area contributed by atoms with Crippen LogP contribution in [0.25, 0.3) is 11.5 Å². The number of hydrogen-bond donors (Lipinski definition) is 2. The molecular weight excluding hydrogens is 405 g/mol. The number of benzene rings is 2. The number of aromatic nitrogens is 1. The van der Waals surface area contributed by atoms with Crippen molar-refractivity contribution in [1.82, 2.24) is 20.5 Å². The van der Waals surface area contributed by atoms with Gasteiger partial charge in [-0.05, 0) is 49.6 Å². The summed E-state index contributed by atoms with van der Waals surface area (Å²) in [4.78, 5) is 11.3. The number of nitrogens with zero attached hydrogens (tertiary/aromatic N) is 3. The van der Waals surface area contributed by atoms with E-state index in [0.717, 1.165) is 55.3 Å². The second kappa shape index (κ2) is 10.4. The molecule has 1 aromatic heterocycles. The number of rotatable bonds is 6. The number of nitrogens with one attached hydrogen (secondary N) is 2. The number of likely N-dealkylation sites (tertiary alicyclic amines) is 1. The average Bonchev–Trinajstić information content (AvgIpc) is 3.29. The number of hydrogen-bond acceptors (Lipinski definition) is 4. The van der Waals surface area contributed by atoms with E-state index >= 15 is 0 Å². The molecule has 0 atom stereocenters. The summed E-state index contributed by atoms with van der Waals surface area (Å²) < 4.78 is 18.7. The molecular formula is C25H30FN5O. The van der Waals surface area contributed by atoms with E-state index in [0.29, 0.717) is 18.5 Å². The highest BCUT2D eigenvalue weighted by Crippen LogP contribution is 2.19. The van der Waals surface area contributed by atoms with Crippen LogP contribution in [-0.2, 0) is 13.1 Å². The fourth-order valence-corrected chi connectivity index (χ4v) is 3.86. The topological polar surface area (TPSA) is 65.7 Å². The van der Waals surface area contributed by atoms with Gasteiger partial charge in [0.05, 0.1) is 12.2 Å². The largest absolute Gasteiger partial charge is 0.444 e. The monoisotopic (exact) mass is 435 g/mol. The van der Waals surface area contributed by atoms with Crippen molar-refractivity contribution in [2.75, 3.05) is 20.1 Å². The first kappa shape index (κ1) is 22.0. The summed E-state index contributed by atoms with van der Waals surface area (Å²) >= 11 is 0. The summed E-state index contributed by atoms with van der Waals surface area (Å²) in [7, 11) is 1.78. The number of aliphatic imine (C=N–C) groups is 1. The van der Waals surface area contributed by atoms with Crippen molar-refractivity contribution < 1.29 is 8.81 Å². The molecule has 0 bridgehead atoms. The minimum atomic E-state index is -0.187. The predicted molar refractivity (Wildman–Crippen MR) is 125 cm³/mol. The molecule has 3 aromatic rings. The lowest BCUT2D eigenvalue weighted by Crippen LogP contribution is -2.48. The van der Waals surface area contributed by atoms with Gasteiger partial charge >= 0.3 is 0 Å². The van der Waals surface area contributed by atoms with Crippen LogP contribution in [-0.4, -0.2) is 42.0 Å². The molecule has 4 rings (SSSR count). The fourth-order valence-electron chi connectivity index (χ4n) is 3.86. The second-order valence-electron chi connectivity index (χ2n) is 8.26. The van der Waals surface area contributed by atoms with E-state index < -0.39 is 0 Å². The zero-order valence-electron chi connectivity index (χ0n) is 18.6. The Kier molecular flexibility index (Phi) is 7.17. The smallest absolute Gasteiger partial charge is 0.226 e. The Morgan fingerprint density at radius 2 is 1.84 bits per heavy atom. The molecule has 2 aromatic carbocycles. The molecule has 0 spiro atoms. The number of piperidine rings is 1. The molecule has 0 amide bonds. The third kappa shape index (κ3) is 5.95. The number of aryl methyl sites for hydroxylation is 1. The first-order valence-corrected chi connectivity index (χ1v) is 11.0. The van der Waals surface area contributed by atoms with Crippen LogP contribution in [0, 0.1) is 12.7 Å². The highest BCUT2D eigenvalue weighted by atomic mass is 19.1. The molecule has 0 unspecified atom stereocenters. The summed E-state index contributed by atoms with van der Waals surface area (Å²) in [6.45, 7) is 5.45. The van der Waals surface area contributed by atoms with E-state index in [1.165, 1.54) is 17.7 Å². The Balaban J connectivity index is 1.22.